The molecule has 1 amide bonds. The fraction of sp³-hybridized carbons (Fsp3) is 0.286. The van der Waals surface area contributed by atoms with Gasteiger partial charge in [-0.1, -0.05) is 36.4 Å². The lowest BCUT2D eigenvalue weighted by molar-refractivity contribution is -0.151. The van der Waals surface area contributed by atoms with Gasteiger partial charge >= 0.3 is 11.7 Å². The summed E-state index contributed by atoms with van der Waals surface area (Å²) in [6.07, 6.45) is 0.267. The number of carbonyl (C=O) groups is 2. The minimum Gasteiger partial charge on any atom is -0.480 e. The van der Waals surface area contributed by atoms with Crippen LogP contribution in [0.2, 0.25) is 0 Å². The van der Waals surface area contributed by atoms with Crippen LogP contribution in [0.3, 0.4) is 0 Å². The zero-order chi connectivity index (χ0) is 19.8. The minimum absolute atomic E-state index is 0.182. The van der Waals surface area contributed by atoms with Crippen LogP contribution in [0.4, 0.5) is 0 Å². The van der Waals surface area contributed by atoms with Crippen molar-refractivity contribution >= 4 is 22.9 Å². The number of nitrogens with zero attached hydrogens (tertiary/aromatic N) is 3. The first-order chi connectivity index (χ1) is 13.5. The van der Waals surface area contributed by atoms with Gasteiger partial charge in [-0.25, -0.2) is 9.59 Å². The van der Waals surface area contributed by atoms with Crippen LogP contribution in [-0.4, -0.2) is 37.1 Å². The van der Waals surface area contributed by atoms with Crippen molar-refractivity contribution in [1.29, 1.82) is 0 Å². The number of rotatable bonds is 4. The predicted molar refractivity (Wildman–Crippen MR) is 104 cm³/mol. The van der Waals surface area contributed by atoms with E-state index < -0.39 is 12.0 Å². The molecule has 7 nitrogen and oxygen atoms in total. The number of para-hydroxylation sites is 2. The fourth-order valence-electron chi connectivity index (χ4n) is 3.96. The maximum Gasteiger partial charge on any atom is 0.329 e. The summed E-state index contributed by atoms with van der Waals surface area (Å²) >= 11 is 0. The summed E-state index contributed by atoms with van der Waals surface area (Å²) < 4.78 is 3.05. The molecule has 0 aliphatic carbocycles. The number of hydrogen-bond acceptors (Lipinski definition) is 3. The highest BCUT2D eigenvalue weighted by Crippen LogP contribution is 2.24. The zero-order valence-electron chi connectivity index (χ0n) is 15.5. The van der Waals surface area contributed by atoms with Crippen LogP contribution in [-0.2, 0) is 35.6 Å². The standard InChI is InChI=1S/C21H21N3O4/c1-2-22-16-9-5-6-10-17(16)24(21(22)28)13-19(25)23-12-15-8-4-3-7-14(15)11-18(23)20(26)27/h3-10,18H,2,11-13H2,1H3,(H,26,27). The molecule has 0 bridgehead atoms. The third-order valence-corrected chi connectivity index (χ3v) is 5.39. The lowest BCUT2D eigenvalue weighted by Crippen LogP contribution is -2.50. The van der Waals surface area contributed by atoms with E-state index >= 15 is 0 Å². The van der Waals surface area contributed by atoms with Gasteiger partial charge in [0.1, 0.15) is 12.6 Å². The van der Waals surface area contributed by atoms with Crippen molar-refractivity contribution in [3.05, 3.63) is 70.1 Å². The van der Waals surface area contributed by atoms with Crippen molar-refractivity contribution < 1.29 is 14.7 Å². The number of amides is 1. The SMILES string of the molecule is CCn1c(=O)n(CC(=O)N2Cc3ccccc3CC2C(=O)O)c2ccccc21. The topological polar surface area (TPSA) is 84.5 Å². The lowest BCUT2D eigenvalue weighted by atomic mass is 9.94. The molecule has 144 valence electrons. The fourth-order valence-corrected chi connectivity index (χ4v) is 3.96. The molecule has 0 saturated heterocycles. The van der Waals surface area contributed by atoms with Crippen LogP contribution in [0.15, 0.2) is 53.3 Å². The van der Waals surface area contributed by atoms with Gasteiger partial charge in [0.2, 0.25) is 5.91 Å². The maximum atomic E-state index is 13.1. The molecule has 28 heavy (non-hydrogen) atoms. The van der Waals surface area contributed by atoms with E-state index in [1.807, 2.05) is 49.4 Å². The molecule has 1 aliphatic heterocycles. The Balaban J connectivity index is 1.70. The van der Waals surface area contributed by atoms with E-state index in [1.54, 1.807) is 10.6 Å². The second-order valence-corrected chi connectivity index (χ2v) is 6.95. The number of aliphatic carboxylic acids is 1. The number of carbonyl (C=O) groups excluding carboxylic acids is 1. The third-order valence-electron chi connectivity index (χ3n) is 5.39. The van der Waals surface area contributed by atoms with Crippen LogP contribution >= 0.6 is 0 Å². The smallest absolute Gasteiger partial charge is 0.329 e. The van der Waals surface area contributed by atoms with E-state index in [0.29, 0.717) is 12.1 Å². The summed E-state index contributed by atoms with van der Waals surface area (Å²) in [5.41, 5.74) is 3.06. The van der Waals surface area contributed by atoms with Crippen molar-refractivity contribution in [2.75, 3.05) is 0 Å². The number of fused-ring (bicyclic) bond motifs is 2. The van der Waals surface area contributed by atoms with Crippen LogP contribution in [0.25, 0.3) is 11.0 Å². The number of aromatic nitrogens is 2. The Morgan fingerprint density at radius 1 is 1.00 bits per heavy atom. The van der Waals surface area contributed by atoms with Crippen molar-refractivity contribution in [1.82, 2.24) is 14.0 Å². The maximum absolute atomic E-state index is 13.1. The Kier molecular flexibility index (Phi) is 4.50. The molecule has 1 aliphatic rings. The molecule has 1 N–H and O–H groups in total. The first-order valence-electron chi connectivity index (χ1n) is 9.28. The molecule has 0 saturated carbocycles. The second-order valence-electron chi connectivity index (χ2n) is 6.95. The van der Waals surface area contributed by atoms with E-state index in [2.05, 4.69) is 0 Å². The Bertz CT molecular complexity index is 1130. The van der Waals surface area contributed by atoms with Crippen molar-refractivity contribution in [3.63, 3.8) is 0 Å². The van der Waals surface area contributed by atoms with E-state index in [4.69, 9.17) is 0 Å². The summed E-state index contributed by atoms with van der Waals surface area (Å²) in [4.78, 5) is 39.0. The van der Waals surface area contributed by atoms with E-state index in [1.165, 1.54) is 9.47 Å². The van der Waals surface area contributed by atoms with Gasteiger partial charge in [-0.15, -0.1) is 0 Å². The zero-order valence-corrected chi connectivity index (χ0v) is 15.5. The molecule has 3 aromatic rings. The molecule has 7 heteroatoms. The van der Waals surface area contributed by atoms with E-state index in [0.717, 1.165) is 16.6 Å². The quantitative estimate of drug-likeness (QED) is 0.750. The molecular formula is C21H21N3O4. The van der Waals surface area contributed by atoms with E-state index in [9.17, 15) is 19.5 Å². The van der Waals surface area contributed by atoms with Gasteiger partial charge < -0.3 is 10.0 Å². The molecule has 0 fully saturated rings. The number of carboxylic acid groups (broad SMARTS) is 1. The summed E-state index contributed by atoms with van der Waals surface area (Å²) in [6, 6.07) is 13.9. The molecule has 1 aromatic heterocycles. The van der Waals surface area contributed by atoms with Crippen molar-refractivity contribution in [3.8, 4) is 0 Å². The third kappa shape index (κ3) is 2.89. The molecule has 0 spiro atoms. The van der Waals surface area contributed by atoms with Crippen LogP contribution < -0.4 is 5.69 Å². The number of hydrogen-bond donors (Lipinski definition) is 1. The second kappa shape index (κ2) is 6.99. The number of carboxylic acids is 1. The van der Waals surface area contributed by atoms with Gasteiger partial charge in [-0.2, -0.15) is 0 Å². The Morgan fingerprint density at radius 3 is 2.25 bits per heavy atom. The average Bonchev–Trinajstić information content (AvgIpc) is 2.97. The highest BCUT2D eigenvalue weighted by atomic mass is 16.4. The Morgan fingerprint density at radius 2 is 1.61 bits per heavy atom. The van der Waals surface area contributed by atoms with Crippen molar-refractivity contribution in [2.24, 2.45) is 0 Å². The largest absolute Gasteiger partial charge is 0.480 e. The Hall–Kier alpha value is -3.35. The molecule has 1 unspecified atom stereocenters. The van der Waals surface area contributed by atoms with Gasteiger partial charge in [0.25, 0.3) is 0 Å². The number of benzene rings is 2. The molecule has 0 radical (unpaired) electrons. The lowest BCUT2D eigenvalue weighted by Gasteiger charge is -2.34. The normalized spacial score (nSPS) is 16.2. The molecule has 1 atom stereocenters. The first kappa shape index (κ1) is 18.0. The number of aryl methyl sites for hydroxylation is 1. The highest BCUT2D eigenvalue weighted by molar-refractivity contribution is 5.86. The summed E-state index contributed by atoms with van der Waals surface area (Å²) in [5.74, 6) is -1.41. The van der Waals surface area contributed by atoms with Crippen LogP contribution in [0.5, 0.6) is 0 Å². The first-order valence-corrected chi connectivity index (χ1v) is 9.28. The van der Waals surface area contributed by atoms with Crippen molar-refractivity contribution in [2.45, 2.75) is 39.0 Å². The van der Waals surface area contributed by atoms with Gasteiger partial charge in [0.05, 0.1) is 11.0 Å². The van der Waals surface area contributed by atoms with Gasteiger partial charge in [-0.05, 0) is 30.2 Å². The summed E-state index contributed by atoms with van der Waals surface area (Å²) in [7, 11) is 0. The van der Waals surface area contributed by atoms with Gasteiger partial charge in [-0.3, -0.25) is 13.9 Å². The highest BCUT2D eigenvalue weighted by Gasteiger charge is 2.34. The summed E-state index contributed by atoms with van der Waals surface area (Å²) in [5, 5.41) is 9.65. The average molecular weight is 379 g/mol. The predicted octanol–water partition coefficient (Wildman–Crippen LogP) is 1.86. The number of imidazole rings is 1. The molecular weight excluding hydrogens is 358 g/mol. The molecule has 2 heterocycles. The Labute approximate surface area is 161 Å². The molecule has 4 rings (SSSR count). The summed E-state index contributed by atoms with van der Waals surface area (Å²) in [6.45, 7) is 2.42. The van der Waals surface area contributed by atoms with Crippen LogP contribution in [0.1, 0.15) is 18.1 Å². The van der Waals surface area contributed by atoms with Gasteiger partial charge in [0, 0.05) is 19.5 Å². The minimum atomic E-state index is -1.04. The van der Waals surface area contributed by atoms with Gasteiger partial charge in [0.15, 0.2) is 0 Å². The monoisotopic (exact) mass is 379 g/mol. The van der Waals surface area contributed by atoms with E-state index in [-0.39, 0.29) is 31.1 Å². The van der Waals surface area contributed by atoms with Crippen LogP contribution in [0, 0.1) is 0 Å². The molecule has 2 aromatic carbocycles.